The highest BCUT2D eigenvalue weighted by Crippen LogP contribution is 2.26. The zero-order valence-corrected chi connectivity index (χ0v) is 11.2. The first kappa shape index (κ1) is 14.3. The van der Waals surface area contributed by atoms with Crippen LogP contribution in [0.25, 0.3) is 0 Å². The fourth-order valence-electron chi connectivity index (χ4n) is 1.57. The topological polar surface area (TPSA) is 53.3 Å². The van der Waals surface area contributed by atoms with Crippen molar-refractivity contribution in [3.8, 4) is 6.07 Å². The summed E-state index contributed by atoms with van der Waals surface area (Å²) >= 11 is 6.09. The molecule has 1 aromatic rings. The minimum atomic E-state index is -0.214. The summed E-state index contributed by atoms with van der Waals surface area (Å²) in [5.41, 5.74) is 1.38. The molecule has 0 atom stereocenters. The average Bonchev–Trinajstić information content (AvgIpc) is 2.37. The van der Waals surface area contributed by atoms with Crippen molar-refractivity contribution in [1.29, 1.82) is 5.26 Å². The van der Waals surface area contributed by atoms with Crippen LogP contribution in [0.3, 0.4) is 0 Å². The Labute approximate surface area is 112 Å². The van der Waals surface area contributed by atoms with Crippen LogP contribution < -0.4 is 4.90 Å². The van der Waals surface area contributed by atoms with Gasteiger partial charge in [0.2, 0.25) is 0 Å². The number of rotatable bonds is 5. The number of methoxy groups -OCH3 is 1. The van der Waals surface area contributed by atoms with Crippen LogP contribution >= 0.6 is 11.6 Å². The predicted molar refractivity (Wildman–Crippen MR) is 70.7 cm³/mol. The first-order chi connectivity index (χ1) is 8.58. The van der Waals surface area contributed by atoms with Crippen LogP contribution in [0.1, 0.15) is 18.4 Å². The first-order valence-electron chi connectivity index (χ1n) is 5.56. The molecule has 0 saturated carbocycles. The van der Waals surface area contributed by atoms with Crippen LogP contribution in [0.15, 0.2) is 18.2 Å². The summed E-state index contributed by atoms with van der Waals surface area (Å²) in [7, 11) is 3.27. The monoisotopic (exact) mass is 266 g/mol. The maximum atomic E-state index is 11.0. The van der Waals surface area contributed by atoms with Crippen LogP contribution in [0, 0.1) is 11.3 Å². The van der Waals surface area contributed by atoms with E-state index in [0.29, 0.717) is 30.0 Å². The van der Waals surface area contributed by atoms with Gasteiger partial charge >= 0.3 is 5.97 Å². The highest BCUT2D eigenvalue weighted by Gasteiger charge is 2.08. The summed E-state index contributed by atoms with van der Waals surface area (Å²) in [6.45, 7) is 0.695. The molecule has 4 nitrogen and oxygen atoms in total. The molecule has 0 fully saturated rings. The number of nitriles is 1. The van der Waals surface area contributed by atoms with Gasteiger partial charge in [-0.25, -0.2) is 0 Å². The van der Waals surface area contributed by atoms with Crippen LogP contribution in [0.2, 0.25) is 5.02 Å². The second-order valence-electron chi connectivity index (χ2n) is 3.88. The van der Waals surface area contributed by atoms with Gasteiger partial charge in [-0.3, -0.25) is 4.79 Å². The third-order valence-electron chi connectivity index (χ3n) is 2.59. The van der Waals surface area contributed by atoms with Crippen molar-refractivity contribution in [3.05, 3.63) is 28.8 Å². The second-order valence-corrected chi connectivity index (χ2v) is 4.29. The summed E-state index contributed by atoms with van der Waals surface area (Å²) in [6, 6.07) is 7.19. The van der Waals surface area contributed by atoms with Gasteiger partial charge in [0.25, 0.3) is 0 Å². The average molecular weight is 267 g/mol. The smallest absolute Gasteiger partial charge is 0.305 e. The lowest BCUT2D eigenvalue weighted by Gasteiger charge is -2.20. The minimum Gasteiger partial charge on any atom is -0.469 e. The van der Waals surface area contributed by atoms with E-state index in [1.807, 2.05) is 18.0 Å². The van der Waals surface area contributed by atoms with Gasteiger partial charge in [-0.05, 0) is 24.6 Å². The van der Waals surface area contributed by atoms with E-state index in [1.54, 1.807) is 18.2 Å². The second kappa shape index (κ2) is 6.87. The van der Waals surface area contributed by atoms with Crippen LogP contribution in [0.5, 0.6) is 0 Å². The summed E-state index contributed by atoms with van der Waals surface area (Å²) < 4.78 is 4.57. The van der Waals surface area contributed by atoms with Gasteiger partial charge in [0, 0.05) is 20.0 Å². The molecule has 5 heteroatoms. The first-order valence-corrected chi connectivity index (χ1v) is 5.94. The summed E-state index contributed by atoms with van der Waals surface area (Å²) in [5.74, 6) is -0.214. The van der Waals surface area contributed by atoms with E-state index >= 15 is 0 Å². The number of anilines is 1. The molecule has 18 heavy (non-hydrogen) atoms. The fraction of sp³-hybridized carbons (Fsp3) is 0.385. The van der Waals surface area contributed by atoms with E-state index in [9.17, 15) is 4.79 Å². The third kappa shape index (κ3) is 3.94. The SMILES string of the molecule is COC(=O)CCCN(C)c1ccc(C#N)cc1Cl. The van der Waals surface area contributed by atoms with E-state index in [1.165, 1.54) is 7.11 Å². The van der Waals surface area contributed by atoms with Gasteiger partial charge in [0.15, 0.2) is 0 Å². The summed E-state index contributed by atoms with van der Waals surface area (Å²) in [6.07, 6.45) is 1.08. The van der Waals surface area contributed by atoms with Crippen LogP contribution in [0.4, 0.5) is 5.69 Å². The molecule has 1 aromatic carbocycles. The molecule has 0 aliphatic carbocycles. The Morgan fingerprint density at radius 1 is 1.56 bits per heavy atom. The third-order valence-corrected chi connectivity index (χ3v) is 2.89. The van der Waals surface area contributed by atoms with E-state index < -0.39 is 0 Å². The van der Waals surface area contributed by atoms with E-state index in [4.69, 9.17) is 16.9 Å². The number of carbonyl (C=O) groups is 1. The number of halogens is 1. The van der Waals surface area contributed by atoms with Crippen molar-refractivity contribution in [1.82, 2.24) is 0 Å². The van der Waals surface area contributed by atoms with Crippen molar-refractivity contribution < 1.29 is 9.53 Å². The number of benzene rings is 1. The summed E-state index contributed by atoms with van der Waals surface area (Å²) in [4.78, 5) is 12.9. The van der Waals surface area contributed by atoms with E-state index in [2.05, 4.69) is 4.74 Å². The zero-order valence-electron chi connectivity index (χ0n) is 10.4. The lowest BCUT2D eigenvalue weighted by atomic mass is 10.2. The number of hydrogen-bond donors (Lipinski definition) is 0. The number of esters is 1. The molecule has 0 spiro atoms. The van der Waals surface area contributed by atoms with Crippen LogP contribution in [-0.2, 0) is 9.53 Å². The molecule has 0 bridgehead atoms. The molecular formula is C13H15ClN2O2. The molecule has 0 radical (unpaired) electrons. The number of carbonyl (C=O) groups excluding carboxylic acids is 1. The highest BCUT2D eigenvalue weighted by atomic mass is 35.5. The van der Waals surface area contributed by atoms with Crippen molar-refractivity contribution in [2.45, 2.75) is 12.8 Å². The molecule has 96 valence electrons. The Hall–Kier alpha value is -1.73. The van der Waals surface area contributed by atoms with Gasteiger partial charge in [-0.15, -0.1) is 0 Å². The highest BCUT2D eigenvalue weighted by molar-refractivity contribution is 6.33. The van der Waals surface area contributed by atoms with Crippen molar-refractivity contribution in [3.63, 3.8) is 0 Å². The molecule has 0 saturated heterocycles. The molecular weight excluding hydrogens is 252 g/mol. The normalized spacial score (nSPS) is 9.67. The molecule has 0 aliphatic heterocycles. The number of ether oxygens (including phenoxy) is 1. The largest absolute Gasteiger partial charge is 0.469 e. The van der Waals surface area contributed by atoms with Gasteiger partial charge in [0.1, 0.15) is 0 Å². The van der Waals surface area contributed by atoms with Crippen molar-refractivity contribution in [2.24, 2.45) is 0 Å². The molecule has 1 rings (SSSR count). The Balaban J connectivity index is 2.59. The maximum absolute atomic E-state index is 11.0. The summed E-state index contributed by atoms with van der Waals surface area (Å²) in [5, 5.41) is 9.28. The molecule has 0 heterocycles. The minimum absolute atomic E-state index is 0.214. The molecule has 0 amide bonds. The lowest BCUT2D eigenvalue weighted by Crippen LogP contribution is -2.19. The molecule has 0 N–H and O–H groups in total. The Morgan fingerprint density at radius 3 is 2.83 bits per heavy atom. The maximum Gasteiger partial charge on any atom is 0.305 e. The van der Waals surface area contributed by atoms with E-state index in [0.717, 1.165) is 5.69 Å². The van der Waals surface area contributed by atoms with Gasteiger partial charge in [-0.1, -0.05) is 11.6 Å². The molecule has 0 aliphatic rings. The van der Waals surface area contributed by atoms with Gasteiger partial charge in [-0.2, -0.15) is 5.26 Å². The zero-order chi connectivity index (χ0) is 13.5. The predicted octanol–water partition coefficient (Wildman–Crippen LogP) is 2.60. The quantitative estimate of drug-likeness (QED) is 0.769. The Bertz CT molecular complexity index is 469. The van der Waals surface area contributed by atoms with Crippen molar-refractivity contribution in [2.75, 3.05) is 25.6 Å². The Morgan fingerprint density at radius 2 is 2.28 bits per heavy atom. The number of nitrogens with zero attached hydrogens (tertiary/aromatic N) is 2. The standard InChI is InChI=1S/C13H15ClN2O2/c1-16(7-3-4-13(17)18-2)12-6-5-10(9-15)8-11(12)14/h5-6,8H,3-4,7H2,1-2H3. The van der Waals surface area contributed by atoms with Crippen LogP contribution in [-0.4, -0.2) is 26.7 Å². The molecule has 0 unspecified atom stereocenters. The van der Waals surface area contributed by atoms with Gasteiger partial charge in [0.05, 0.1) is 29.5 Å². The number of hydrogen-bond acceptors (Lipinski definition) is 4. The van der Waals surface area contributed by atoms with E-state index in [-0.39, 0.29) is 5.97 Å². The fourth-order valence-corrected chi connectivity index (χ4v) is 1.89. The van der Waals surface area contributed by atoms with Gasteiger partial charge < -0.3 is 9.64 Å². The van der Waals surface area contributed by atoms with Crippen molar-refractivity contribution >= 4 is 23.3 Å². The Kier molecular flexibility index (Phi) is 5.47. The lowest BCUT2D eigenvalue weighted by molar-refractivity contribution is -0.140. The molecule has 0 aromatic heterocycles.